The molecule has 0 bridgehead atoms. The van der Waals surface area contributed by atoms with Gasteiger partial charge in [-0.1, -0.05) is 48.3 Å². The molecule has 8 heteroatoms. The van der Waals surface area contributed by atoms with E-state index in [-0.39, 0.29) is 12.1 Å². The summed E-state index contributed by atoms with van der Waals surface area (Å²) in [5, 5.41) is 8.67. The van der Waals surface area contributed by atoms with Crippen molar-refractivity contribution in [2.24, 2.45) is 0 Å². The molecule has 1 fully saturated rings. The van der Waals surface area contributed by atoms with Crippen LogP contribution >= 0.6 is 0 Å². The van der Waals surface area contributed by atoms with E-state index in [1.165, 1.54) is 24.8 Å². The molecular formula is C24H28N6O2. The van der Waals surface area contributed by atoms with Crippen LogP contribution in [0.15, 0.2) is 52.0 Å². The Morgan fingerprint density at radius 2 is 1.97 bits per heavy atom. The van der Waals surface area contributed by atoms with Gasteiger partial charge in [0.05, 0.1) is 18.8 Å². The molecule has 4 aromatic rings. The topological polar surface area (TPSA) is 81.5 Å². The van der Waals surface area contributed by atoms with Gasteiger partial charge in [0.15, 0.2) is 5.82 Å². The Hall–Kier alpha value is -3.26. The van der Waals surface area contributed by atoms with Crippen LogP contribution < -0.4 is 5.56 Å². The summed E-state index contributed by atoms with van der Waals surface area (Å²) in [6.45, 7) is 6.27. The molecule has 5 rings (SSSR count). The summed E-state index contributed by atoms with van der Waals surface area (Å²) in [5.74, 6) is 1.12. The van der Waals surface area contributed by atoms with Crippen LogP contribution in [-0.2, 0) is 13.1 Å². The second kappa shape index (κ2) is 8.70. The molecule has 0 aliphatic carbocycles. The number of nitrogens with zero attached hydrogens (tertiary/aromatic N) is 6. The SMILES string of the molecule is CCC1CCCCN1Cc1nc(Cn2ccn3nc(-c4ccc(C)cc4)cc3c2=O)no1. The van der Waals surface area contributed by atoms with Gasteiger partial charge in [0.1, 0.15) is 5.52 Å². The van der Waals surface area contributed by atoms with Crippen LogP contribution in [0.4, 0.5) is 0 Å². The molecule has 32 heavy (non-hydrogen) atoms. The molecule has 8 nitrogen and oxygen atoms in total. The number of piperidine rings is 1. The van der Waals surface area contributed by atoms with Gasteiger partial charge in [-0.2, -0.15) is 10.1 Å². The Morgan fingerprint density at radius 3 is 2.78 bits per heavy atom. The quantitative estimate of drug-likeness (QED) is 0.462. The highest BCUT2D eigenvalue weighted by atomic mass is 16.5. The second-order valence-corrected chi connectivity index (χ2v) is 8.59. The third-order valence-electron chi connectivity index (χ3n) is 6.33. The van der Waals surface area contributed by atoms with Crippen molar-refractivity contribution in [1.82, 2.24) is 29.2 Å². The van der Waals surface area contributed by atoms with Gasteiger partial charge in [-0.05, 0) is 38.8 Å². The van der Waals surface area contributed by atoms with Crippen molar-refractivity contribution in [3.8, 4) is 11.3 Å². The molecule has 3 aromatic heterocycles. The average Bonchev–Trinajstić information content (AvgIpc) is 3.44. The van der Waals surface area contributed by atoms with Gasteiger partial charge in [-0.15, -0.1) is 0 Å². The smallest absolute Gasteiger partial charge is 0.277 e. The molecule has 1 aliphatic rings. The van der Waals surface area contributed by atoms with E-state index in [0.29, 0.717) is 29.8 Å². The van der Waals surface area contributed by atoms with Crippen molar-refractivity contribution < 1.29 is 4.52 Å². The number of hydrogen-bond acceptors (Lipinski definition) is 6. The first-order valence-electron chi connectivity index (χ1n) is 11.3. The van der Waals surface area contributed by atoms with Crippen LogP contribution in [-0.4, -0.2) is 41.8 Å². The van der Waals surface area contributed by atoms with E-state index >= 15 is 0 Å². The van der Waals surface area contributed by atoms with Gasteiger partial charge < -0.3 is 9.09 Å². The average molecular weight is 433 g/mol. The summed E-state index contributed by atoms with van der Waals surface area (Å²) in [4.78, 5) is 20.0. The number of aromatic nitrogens is 5. The Balaban J connectivity index is 1.35. The molecule has 166 valence electrons. The molecule has 0 spiro atoms. The fourth-order valence-electron chi connectivity index (χ4n) is 4.49. The standard InChI is InChI=1S/C24H28N6O2/c1-3-19-6-4-5-11-28(19)16-23-25-22(27-32-23)15-29-12-13-30-21(24(29)31)14-20(26-30)18-9-7-17(2)8-10-18/h7-10,12-14,19H,3-6,11,15-16H2,1-2H3. The van der Waals surface area contributed by atoms with Crippen LogP contribution in [0.3, 0.4) is 0 Å². The maximum absolute atomic E-state index is 13.0. The predicted molar refractivity (Wildman–Crippen MR) is 121 cm³/mol. The Morgan fingerprint density at radius 1 is 1.12 bits per heavy atom. The Kier molecular flexibility index (Phi) is 5.61. The highest BCUT2D eigenvalue weighted by molar-refractivity contribution is 5.65. The van der Waals surface area contributed by atoms with Crippen LogP contribution in [0.1, 0.15) is 49.9 Å². The molecule has 0 saturated carbocycles. The molecule has 4 heterocycles. The maximum atomic E-state index is 13.0. The first-order chi connectivity index (χ1) is 15.6. The lowest BCUT2D eigenvalue weighted by Gasteiger charge is -2.33. The zero-order chi connectivity index (χ0) is 22.1. The van der Waals surface area contributed by atoms with E-state index in [9.17, 15) is 4.79 Å². The van der Waals surface area contributed by atoms with E-state index in [2.05, 4.69) is 27.1 Å². The van der Waals surface area contributed by atoms with Crippen LogP contribution in [0.25, 0.3) is 16.8 Å². The third-order valence-corrected chi connectivity index (χ3v) is 6.33. The molecule has 0 N–H and O–H groups in total. The fraction of sp³-hybridized carbons (Fsp3) is 0.417. The number of fused-ring (bicyclic) bond motifs is 1. The number of rotatable bonds is 6. The summed E-state index contributed by atoms with van der Waals surface area (Å²) in [6.07, 6.45) is 8.36. The summed E-state index contributed by atoms with van der Waals surface area (Å²) >= 11 is 0. The highest BCUT2D eigenvalue weighted by Crippen LogP contribution is 2.21. The lowest BCUT2D eigenvalue weighted by Crippen LogP contribution is -2.38. The number of likely N-dealkylation sites (tertiary alicyclic amines) is 1. The monoisotopic (exact) mass is 432 g/mol. The summed E-state index contributed by atoms with van der Waals surface area (Å²) < 4.78 is 8.72. The molecule has 1 atom stereocenters. The summed E-state index contributed by atoms with van der Waals surface area (Å²) in [5.41, 5.74) is 3.33. The highest BCUT2D eigenvalue weighted by Gasteiger charge is 2.23. The number of aryl methyl sites for hydroxylation is 1. The third kappa shape index (κ3) is 4.10. The van der Waals surface area contributed by atoms with E-state index in [1.807, 2.05) is 37.3 Å². The van der Waals surface area contributed by atoms with Gasteiger partial charge in [0.25, 0.3) is 5.56 Å². The molecular weight excluding hydrogens is 404 g/mol. The van der Waals surface area contributed by atoms with E-state index in [4.69, 9.17) is 4.52 Å². The van der Waals surface area contributed by atoms with Crippen molar-refractivity contribution in [3.05, 3.63) is 70.4 Å². The first-order valence-corrected chi connectivity index (χ1v) is 11.3. The fourth-order valence-corrected chi connectivity index (χ4v) is 4.49. The molecule has 1 aliphatic heterocycles. The van der Waals surface area contributed by atoms with Crippen LogP contribution in [0.5, 0.6) is 0 Å². The molecule has 1 aromatic carbocycles. The van der Waals surface area contributed by atoms with Crippen molar-refractivity contribution in [1.29, 1.82) is 0 Å². The van der Waals surface area contributed by atoms with Gasteiger partial charge in [0.2, 0.25) is 5.89 Å². The van der Waals surface area contributed by atoms with Crippen LogP contribution in [0, 0.1) is 6.92 Å². The van der Waals surface area contributed by atoms with Gasteiger partial charge >= 0.3 is 0 Å². The first kappa shape index (κ1) is 20.6. The lowest BCUT2D eigenvalue weighted by atomic mass is 10.0. The molecule has 1 saturated heterocycles. The molecule has 1 unspecified atom stereocenters. The van der Waals surface area contributed by atoms with Crippen molar-refractivity contribution in [2.45, 2.75) is 58.7 Å². The van der Waals surface area contributed by atoms with Crippen molar-refractivity contribution in [2.75, 3.05) is 6.54 Å². The number of benzene rings is 1. The van der Waals surface area contributed by atoms with Gasteiger partial charge in [-0.25, -0.2) is 4.52 Å². The lowest BCUT2D eigenvalue weighted by molar-refractivity contribution is 0.120. The summed E-state index contributed by atoms with van der Waals surface area (Å²) in [6, 6.07) is 10.5. The van der Waals surface area contributed by atoms with Crippen LogP contribution in [0.2, 0.25) is 0 Å². The zero-order valence-electron chi connectivity index (χ0n) is 18.6. The Bertz CT molecular complexity index is 1270. The van der Waals surface area contributed by atoms with E-state index in [1.54, 1.807) is 21.5 Å². The van der Waals surface area contributed by atoms with E-state index in [0.717, 1.165) is 24.2 Å². The molecule has 0 amide bonds. The normalized spacial score (nSPS) is 17.2. The predicted octanol–water partition coefficient (Wildman–Crippen LogP) is 3.67. The number of hydrogen-bond donors (Lipinski definition) is 0. The minimum atomic E-state index is -0.133. The Labute approximate surface area is 186 Å². The van der Waals surface area contributed by atoms with Crippen molar-refractivity contribution >= 4 is 5.52 Å². The minimum Gasteiger partial charge on any atom is -0.338 e. The van der Waals surface area contributed by atoms with E-state index < -0.39 is 0 Å². The second-order valence-electron chi connectivity index (χ2n) is 8.59. The van der Waals surface area contributed by atoms with Gasteiger partial charge in [0, 0.05) is 24.0 Å². The minimum absolute atomic E-state index is 0.133. The zero-order valence-corrected chi connectivity index (χ0v) is 18.6. The summed E-state index contributed by atoms with van der Waals surface area (Å²) in [7, 11) is 0. The molecule has 0 radical (unpaired) electrons. The maximum Gasteiger partial charge on any atom is 0.277 e. The largest absolute Gasteiger partial charge is 0.338 e. The van der Waals surface area contributed by atoms with Crippen molar-refractivity contribution in [3.63, 3.8) is 0 Å². The van der Waals surface area contributed by atoms with Gasteiger partial charge in [-0.3, -0.25) is 9.69 Å².